The van der Waals surface area contributed by atoms with Gasteiger partial charge in [-0.15, -0.1) is 0 Å². The Bertz CT molecular complexity index is 1100. The number of rotatable bonds is 5. The molecule has 7 nitrogen and oxygen atoms in total. The van der Waals surface area contributed by atoms with E-state index >= 15 is 0 Å². The summed E-state index contributed by atoms with van der Waals surface area (Å²) in [6, 6.07) is 8.84. The van der Waals surface area contributed by atoms with Gasteiger partial charge in [-0.05, 0) is 36.1 Å². The van der Waals surface area contributed by atoms with Crippen LogP contribution in [0, 0.1) is 5.92 Å². The molecule has 4 rings (SSSR count). The highest BCUT2D eigenvalue weighted by Crippen LogP contribution is 2.41. The van der Waals surface area contributed by atoms with Gasteiger partial charge in [0.05, 0.1) is 23.5 Å². The Kier molecular flexibility index (Phi) is 6.42. The Morgan fingerprint density at radius 3 is 2.51 bits per heavy atom. The average molecular weight is 491 g/mol. The second-order valence-electron chi connectivity index (χ2n) is 9.86. The minimum atomic E-state index is -4.74. The molecule has 0 spiro atoms. The molecular formula is C25H29F3N4O3. The van der Waals surface area contributed by atoms with Gasteiger partial charge in [-0.2, -0.15) is 13.2 Å². The lowest BCUT2D eigenvalue weighted by Crippen LogP contribution is -2.43. The third-order valence-corrected chi connectivity index (χ3v) is 7.27. The third-order valence-electron chi connectivity index (χ3n) is 7.27. The summed E-state index contributed by atoms with van der Waals surface area (Å²) in [6.45, 7) is 4.27. The number of carboxylic acid groups (broad SMARTS) is 1. The summed E-state index contributed by atoms with van der Waals surface area (Å²) < 4.78 is 42.1. The SMILES string of the molecule is CN(C(=O)C1CCN(C(=O)O)C1)[C@@H](c1ccc(NC2Cc3ccccc3C2(C)C)cn1)C(F)(F)F. The number of pyridine rings is 1. The summed E-state index contributed by atoms with van der Waals surface area (Å²) >= 11 is 0. The number of alkyl halides is 3. The fourth-order valence-electron chi connectivity index (χ4n) is 5.21. The van der Waals surface area contributed by atoms with Crippen molar-refractivity contribution in [2.45, 2.75) is 50.4 Å². The van der Waals surface area contributed by atoms with Crippen LogP contribution in [0.2, 0.25) is 0 Å². The van der Waals surface area contributed by atoms with E-state index in [-0.39, 0.29) is 36.7 Å². The molecule has 1 saturated heterocycles. The van der Waals surface area contributed by atoms with Gasteiger partial charge in [0.1, 0.15) is 0 Å². The van der Waals surface area contributed by atoms with Gasteiger partial charge in [-0.25, -0.2) is 4.79 Å². The quantitative estimate of drug-likeness (QED) is 0.647. The van der Waals surface area contributed by atoms with Crippen molar-refractivity contribution in [2.24, 2.45) is 5.92 Å². The number of hydrogen-bond donors (Lipinski definition) is 2. The lowest BCUT2D eigenvalue weighted by molar-refractivity contribution is -0.191. The normalized spacial score (nSPS) is 21.9. The second kappa shape index (κ2) is 9.05. The van der Waals surface area contributed by atoms with Crippen molar-refractivity contribution >= 4 is 17.7 Å². The number of halogens is 3. The molecule has 188 valence electrons. The third kappa shape index (κ3) is 4.78. The van der Waals surface area contributed by atoms with Crippen LogP contribution in [-0.2, 0) is 16.6 Å². The molecule has 10 heteroatoms. The number of nitrogens with one attached hydrogen (secondary N) is 1. The molecule has 2 aromatic rings. The molecule has 1 aromatic heterocycles. The first-order valence-electron chi connectivity index (χ1n) is 11.5. The van der Waals surface area contributed by atoms with Crippen LogP contribution in [0.15, 0.2) is 42.6 Å². The van der Waals surface area contributed by atoms with Crippen LogP contribution in [0.4, 0.5) is 23.7 Å². The maximum absolute atomic E-state index is 14.0. The zero-order valence-electron chi connectivity index (χ0n) is 19.8. The predicted octanol–water partition coefficient (Wildman–Crippen LogP) is 4.46. The predicted molar refractivity (Wildman–Crippen MR) is 124 cm³/mol. The second-order valence-corrected chi connectivity index (χ2v) is 9.86. The first-order chi connectivity index (χ1) is 16.4. The number of fused-ring (bicyclic) bond motifs is 1. The fourth-order valence-corrected chi connectivity index (χ4v) is 5.21. The molecule has 1 aliphatic carbocycles. The van der Waals surface area contributed by atoms with Crippen molar-refractivity contribution < 1.29 is 27.9 Å². The highest BCUT2D eigenvalue weighted by atomic mass is 19.4. The Labute approximate surface area is 201 Å². The van der Waals surface area contributed by atoms with E-state index in [4.69, 9.17) is 5.11 Å². The maximum Gasteiger partial charge on any atom is 0.414 e. The standard InChI is InChI=1S/C25H29F3N4O3/c1-24(2)18-7-5-4-6-15(18)12-20(24)30-17-8-9-19(29-13-17)21(25(26,27)28)31(3)22(33)16-10-11-32(14-16)23(34)35/h4-9,13,16,20-21,30H,10-12,14H2,1-3H3,(H,34,35)/t16?,20?,21-/m0/s1. The Morgan fingerprint density at radius 1 is 1.23 bits per heavy atom. The van der Waals surface area contributed by atoms with Crippen LogP contribution in [0.1, 0.15) is 43.1 Å². The maximum atomic E-state index is 14.0. The van der Waals surface area contributed by atoms with Crippen LogP contribution < -0.4 is 5.32 Å². The van der Waals surface area contributed by atoms with Crippen molar-refractivity contribution in [3.05, 3.63) is 59.4 Å². The van der Waals surface area contributed by atoms with Gasteiger partial charge in [0, 0.05) is 31.6 Å². The Hall–Kier alpha value is -3.30. The number of carbonyl (C=O) groups is 2. The molecular weight excluding hydrogens is 461 g/mol. The molecule has 3 atom stereocenters. The lowest BCUT2D eigenvalue weighted by atomic mass is 9.83. The monoisotopic (exact) mass is 490 g/mol. The van der Waals surface area contributed by atoms with Gasteiger partial charge in [0.25, 0.3) is 0 Å². The summed E-state index contributed by atoms with van der Waals surface area (Å²) in [5, 5.41) is 12.5. The van der Waals surface area contributed by atoms with Crippen molar-refractivity contribution in [2.75, 3.05) is 25.5 Å². The number of carbonyl (C=O) groups excluding carboxylic acids is 1. The highest BCUT2D eigenvalue weighted by Gasteiger charge is 2.48. The molecule has 2 aliphatic rings. The van der Waals surface area contributed by atoms with Gasteiger partial charge >= 0.3 is 12.3 Å². The molecule has 2 unspecified atom stereocenters. The van der Waals surface area contributed by atoms with E-state index in [1.165, 1.54) is 23.4 Å². The summed E-state index contributed by atoms with van der Waals surface area (Å²) in [5.41, 5.74) is 2.63. The molecule has 0 bridgehead atoms. The van der Waals surface area contributed by atoms with Gasteiger partial charge in [-0.1, -0.05) is 38.1 Å². The van der Waals surface area contributed by atoms with Gasteiger partial charge in [0.2, 0.25) is 5.91 Å². The smallest absolute Gasteiger partial charge is 0.414 e. The number of aromatic nitrogens is 1. The van der Waals surface area contributed by atoms with Crippen LogP contribution in [0.5, 0.6) is 0 Å². The van der Waals surface area contributed by atoms with E-state index in [2.05, 4.69) is 36.3 Å². The fraction of sp³-hybridized carbons (Fsp3) is 0.480. The molecule has 1 aromatic carbocycles. The van der Waals surface area contributed by atoms with E-state index in [0.29, 0.717) is 10.6 Å². The first kappa shape index (κ1) is 24.8. The van der Waals surface area contributed by atoms with Crippen LogP contribution >= 0.6 is 0 Å². The summed E-state index contributed by atoms with van der Waals surface area (Å²) in [6.07, 6.45) is -3.58. The number of anilines is 1. The van der Waals surface area contributed by atoms with Crippen molar-refractivity contribution in [1.29, 1.82) is 0 Å². The van der Waals surface area contributed by atoms with E-state index in [1.54, 1.807) is 6.07 Å². The topological polar surface area (TPSA) is 85.8 Å². The number of benzene rings is 1. The summed E-state index contributed by atoms with van der Waals surface area (Å²) in [5.74, 6) is -1.56. The molecule has 2 amide bonds. The Morgan fingerprint density at radius 2 is 1.94 bits per heavy atom. The van der Waals surface area contributed by atoms with Crippen molar-refractivity contribution in [1.82, 2.24) is 14.8 Å². The van der Waals surface area contributed by atoms with E-state index in [0.717, 1.165) is 18.4 Å². The van der Waals surface area contributed by atoms with Gasteiger partial charge in [-0.3, -0.25) is 9.78 Å². The number of hydrogen-bond acceptors (Lipinski definition) is 4. The average Bonchev–Trinajstić information content (AvgIpc) is 3.38. The van der Waals surface area contributed by atoms with Crippen molar-refractivity contribution in [3.63, 3.8) is 0 Å². The van der Waals surface area contributed by atoms with Crippen LogP contribution in [0.3, 0.4) is 0 Å². The number of nitrogens with zero attached hydrogens (tertiary/aromatic N) is 3. The van der Waals surface area contributed by atoms with Crippen LogP contribution in [-0.4, -0.2) is 64.2 Å². The van der Waals surface area contributed by atoms with Crippen LogP contribution in [0.25, 0.3) is 0 Å². The molecule has 35 heavy (non-hydrogen) atoms. The number of likely N-dealkylation sites (tertiary alicyclic amines) is 1. The zero-order valence-corrected chi connectivity index (χ0v) is 19.8. The molecule has 1 fully saturated rings. The number of amides is 2. The first-order valence-corrected chi connectivity index (χ1v) is 11.5. The van der Waals surface area contributed by atoms with Crippen molar-refractivity contribution in [3.8, 4) is 0 Å². The highest BCUT2D eigenvalue weighted by molar-refractivity contribution is 5.80. The minimum Gasteiger partial charge on any atom is -0.465 e. The van der Waals surface area contributed by atoms with E-state index in [9.17, 15) is 22.8 Å². The summed E-state index contributed by atoms with van der Waals surface area (Å²) in [4.78, 5) is 29.7. The summed E-state index contributed by atoms with van der Waals surface area (Å²) in [7, 11) is 1.09. The molecule has 1 aliphatic heterocycles. The largest absolute Gasteiger partial charge is 0.465 e. The molecule has 2 N–H and O–H groups in total. The zero-order chi connectivity index (χ0) is 25.5. The van der Waals surface area contributed by atoms with Gasteiger partial charge < -0.3 is 20.2 Å². The molecule has 0 saturated carbocycles. The van der Waals surface area contributed by atoms with E-state index in [1.807, 2.05) is 12.1 Å². The van der Waals surface area contributed by atoms with Gasteiger partial charge in [0.15, 0.2) is 6.04 Å². The lowest BCUT2D eigenvalue weighted by Gasteiger charge is -2.32. The Balaban J connectivity index is 1.50. The van der Waals surface area contributed by atoms with E-state index < -0.39 is 30.1 Å². The molecule has 2 heterocycles. The minimum absolute atomic E-state index is 0.0507. The molecule has 0 radical (unpaired) electrons.